The van der Waals surface area contributed by atoms with Crippen molar-refractivity contribution >= 4 is 38.9 Å². The molecule has 2 amide bonds. The minimum atomic E-state index is -3.88. The Morgan fingerprint density at radius 3 is 2.56 bits per heavy atom. The number of benzene rings is 3. The Labute approximate surface area is 184 Å². The summed E-state index contributed by atoms with van der Waals surface area (Å²) in [6.07, 6.45) is 0. The van der Waals surface area contributed by atoms with Gasteiger partial charge >= 0.3 is 0 Å². The first-order valence-corrected chi connectivity index (χ1v) is 11.0. The number of carbonyl (C=O) groups excluding carboxylic acids is 2. The lowest BCUT2D eigenvalue weighted by Gasteiger charge is -2.18. The summed E-state index contributed by atoms with van der Waals surface area (Å²) in [4.78, 5) is 24.0. The molecular formula is C22H19N3O6S. The van der Waals surface area contributed by atoms with E-state index >= 15 is 0 Å². The van der Waals surface area contributed by atoms with E-state index in [1.54, 1.807) is 42.5 Å². The zero-order chi connectivity index (χ0) is 22.7. The third kappa shape index (κ3) is 4.49. The summed E-state index contributed by atoms with van der Waals surface area (Å²) in [7, 11) is -2.43. The molecule has 0 fully saturated rings. The SMILES string of the molecule is COc1ccccc1NS(=O)(=O)c1ccc(C(=O)Nc2ccc3c(c2)NC(=O)CO3)cc1. The maximum atomic E-state index is 12.7. The topological polar surface area (TPSA) is 123 Å². The van der Waals surface area contributed by atoms with Gasteiger partial charge in [0, 0.05) is 11.3 Å². The molecule has 9 nitrogen and oxygen atoms in total. The number of anilines is 3. The van der Waals surface area contributed by atoms with E-state index in [9.17, 15) is 18.0 Å². The number of methoxy groups -OCH3 is 1. The van der Waals surface area contributed by atoms with E-state index in [2.05, 4.69) is 15.4 Å². The van der Waals surface area contributed by atoms with Crippen LogP contribution < -0.4 is 24.8 Å². The van der Waals surface area contributed by atoms with Crippen molar-refractivity contribution in [3.05, 3.63) is 72.3 Å². The molecule has 3 aromatic carbocycles. The molecule has 1 aliphatic heterocycles. The van der Waals surface area contributed by atoms with Crippen molar-refractivity contribution in [2.75, 3.05) is 29.1 Å². The first kappa shape index (κ1) is 21.2. The Hall–Kier alpha value is -4.05. The highest BCUT2D eigenvalue weighted by molar-refractivity contribution is 7.92. The van der Waals surface area contributed by atoms with Crippen molar-refractivity contribution in [2.45, 2.75) is 4.90 Å². The summed E-state index contributed by atoms with van der Waals surface area (Å²) in [6.45, 7) is -0.0557. The molecule has 0 unspecified atom stereocenters. The molecule has 10 heteroatoms. The number of ether oxygens (including phenoxy) is 2. The van der Waals surface area contributed by atoms with Crippen LogP contribution in [0, 0.1) is 0 Å². The molecule has 0 aromatic heterocycles. The summed E-state index contributed by atoms with van der Waals surface area (Å²) in [5.41, 5.74) is 1.48. The molecule has 164 valence electrons. The van der Waals surface area contributed by atoms with Gasteiger partial charge in [0.25, 0.3) is 21.8 Å². The third-order valence-electron chi connectivity index (χ3n) is 4.65. The lowest BCUT2D eigenvalue weighted by Crippen LogP contribution is -2.25. The van der Waals surface area contributed by atoms with Crippen LogP contribution in [0.5, 0.6) is 11.5 Å². The molecule has 1 heterocycles. The second kappa shape index (κ2) is 8.60. The van der Waals surface area contributed by atoms with E-state index in [1.165, 1.54) is 31.4 Å². The van der Waals surface area contributed by atoms with Gasteiger partial charge in [0.1, 0.15) is 11.5 Å². The average Bonchev–Trinajstić information content (AvgIpc) is 2.79. The first-order valence-electron chi connectivity index (χ1n) is 9.50. The lowest BCUT2D eigenvalue weighted by molar-refractivity contribution is -0.118. The Bertz CT molecular complexity index is 1290. The van der Waals surface area contributed by atoms with Gasteiger partial charge in [0.2, 0.25) is 0 Å². The Morgan fingerprint density at radius 2 is 1.81 bits per heavy atom. The second-order valence-electron chi connectivity index (χ2n) is 6.83. The van der Waals surface area contributed by atoms with Gasteiger partial charge in [-0.2, -0.15) is 0 Å². The second-order valence-corrected chi connectivity index (χ2v) is 8.51. The average molecular weight is 453 g/mol. The third-order valence-corrected chi connectivity index (χ3v) is 6.03. The number of fused-ring (bicyclic) bond motifs is 1. The van der Waals surface area contributed by atoms with Crippen LogP contribution in [0.15, 0.2) is 71.6 Å². The standard InChI is InChI=1S/C22H19N3O6S/c1-30-19-5-3-2-4-17(19)25-32(28,29)16-9-6-14(7-10-16)22(27)23-15-8-11-20-18(12-15)24-21(26)13-31-20/h2-12,25H,13H2,1H3,(H,23,27)(H,24,26). The number of rotatable bonds is 6. The highest BCUT2D eigenvalue weighted by Crippen LogP contribution is 2.31. The predicted octanol–water partition coefficient (Wildman–Crippen LogP) is 3.08. The summed E-state index contributed by atoms with van der Waals surface area (Å²) in [5.74, 6) is 0.188. The summed E-state index contributed by atoms with van der Waals surface area (Å²) >= 11 is 0. The summed E-state index contributed by atoms with van der Waals surface area (Å²) < 4.78 is 38.3. The zero-order valence-corrected chi connectivity index (χ0v) is 17.7. The minimum absolute atomic E-state index is 0.00593. The fraction of sp³-hybridized carbons (Fsp3) is 0.0909. The molecule has 3 N–H and O–H groups in total. The van der Waals surface area contributed by atoms with Crippen LogP contribution in [0.3, 0.4) is 0 Å². The number of sulfonamides is 1. The van der Waals surface area contributed by atoms with Gasteiger partial charge in [-0.1, -0.05) is 12.1 Å². The zero-order valence-electron chi connectivity index (χ0n) is 16.9. The van der Waals surface area contributed by atoms with Gasteiger partial charge in [0.15, 0.2) is 6.61 Å². The molecular weight excluding hydrogens is 434 g/mol. The van der Waals surface area contributed by atoms with Gasteiger partial charge in [-0.05, 0) is 54.6 Å². The Morgan fingerprint density at radius 1 is 1.06 bits per heavy atom. The number of nitrogens with one attached hydrogen (secondary N) is 3. The van der Waals surface area contributed by atoms with Crippen molar-refractivity contribution in [3.8, 4) is 11.5 Å². The quantitative estimate of drug-likeness (QED) is 0.527. The van der Waals surface area contributed by atoms with Crippen LogP contribution in [0.1, 0.15) is 10.4 Å². The Kier molecular flexibility index (Phi) is 5.69. The van der Waals surface area contributed by atoms with E-state index in [4.69, 9.17) is 9.47 Å². The van der Waals surface area contributed by atoms with Crippen LogP contribution in [0.25, 0.3) is 0 Å². The van der Waals surface area contributed by atoms with E-state index < -0.39 is 15.9 Å². The molecule has 0 aliphatic carbocycles. The minimum Gasteiger partial charge on any atom is -0.495 e. The molecule has 4 rings (SSSR count). The van der Waals surface area contributed by atoms with Crippen molar-refractivity contribution < 1.29 is 27.5 Å². The molecule has 0 bridgehead atoms. The maximum absolute atomic E-state index is 12.7. The number of para-hydroxylation sites is 2. The smallest absolute Gasteiger partial charge is 0.262 e. The largest absolute Gasteiger partial charge is 0.495 e. The lowest BCUT2D eigenvalue weighted by atomic mass is 10.2. The van der Waals surface area contributed by atoms with Crippen LogP contribution in [0.4, 0.5) is 17.1 Å². The number of carbonyl (C=O) groups is 2. The van der Waals surface area contributed by atoms with Gasteiger partial charge in [-0.3, -0.25) is 14.3 Å². The van der Waals surface area contributed by atoms with Crippen LogP contribution in [0.2, 0.25) is 0 Å². The highest BCUT2D eigenvalue weighted by Gasteiger charge is 2.19. The summed E-state index contributed by atoms with van der Waals surface area (Å²) in [5, 5.41) is 5.38. The van der Waals surface area contributed by atoms with Crippen molar-refractivity contribution in [1.82, 2.24) is 0 Å². The predicted molar refractivity (Wildman–Crippen MR) is 119 cm³/mol. The molecule has 0 radical (unpaired) electrons. The molecule has 32 heavy (non-hydrogen) atoms. The molecule has 0 saturated heterocycles. The van der Waals surface area contributed by atoms with Gasteiger partial charge in [-0.25, -0.2) is 8.42 Å². The molecule has 1 aliphatic rings. The fourth-order valence-electron chi connectivity index (χ4n) is 3.08. The molecule has 0 atom stereocenters. The van der Waals surface area contributed by atoms with Gasteiger partial charge in [-0.15, -0.1) is 0 Å². The van der Waals surface area contributed by atoms with Gasteiger partial charge < -0.3 is 20.1 Å². The van der Waals surface area contributed by atoms with Crippen LogP contribution >= 0.6 is 0 Å². The van der Waals surface area contributed by atoms with Crippen LogP contribution in [-0.2, 0) is 14.8 Å². The van der Waals surface area contributed by atoms with E-state index in [0.29, 0.717) is 28.6 Å². The summed E-state index contributed by atoms with van der Waals surface area (Å²) in [6, 6.07) is 17.0. The maximum Gasteiger partial charge on any atom is 0.262 e. The number of hydrogen-bond donors (Lipinski definition) is 3. The molecule has 0 spiro atoms. The first-order chi connectivity index (χ1) is 15.4. The van der Waals surface area contributed by atoms with E-state index in [1.807, 2.05) is 0 Å². The highest BCUT2D eigenvalue weighted by atomic mass is 32.2. The van der Waals surface area contributed by atoms with Crippen molar-refractivity contribution in [1.29, 1.82) is 0 Å². The monoisotopic (exact) mass is 453 g/mol. The fourth-order valence-corrected chi connectivity index (χ4v) is 4.15. The van der Waals surface area contributed by atoms with Crippen LogP contribution in [-0.4, -0.2) is 33.9 Å². The van der Waals surface area contributed by atoms with Gasteiger partial charge in [0.05, 0.1) is 23.4 Å². The normalized spacial score (nSPS) is 12.7. The van der Waals surface area contributed by atoms with E-state index in [-0.39, 0.29) is 23.0 Å². The molecule has 3 aromatic rings. The van der Waals surface area contributed by atoms with Crippen molar-refractivity contribution in [2.24, 2.45) is 0 Å². The van der Waals surface area contributed by atoms with Crippen molar-refractivity contribution in [3.63, 3.8) is 0 Å². The Balaban J connectivity index is 1.48. The number of amides is 2. The molecule has 0 saturated carbocycles. The van der Waals surface area contributed by atoms with E-state index in [0.717, 1.165) is 0 Å². The number of hydrogen-bond acceptors (Lipinski definition) is 6.